The molecule has 0 N–H and O–H groups in total. The number of aryl methyl sites for hydroxylation is 2. The van der Waals surface area contributed by atoms with Crippen LogP contribution in [0.25, 0.3) is 44.5 Å². The summed E-state index contributed by atoms with van der Waals surface area (Å²) >= 11 is 0. The number of hydrogen-bond donors (Lipinski definition) is 0. The summed E-state index contributed by atoms with van der Waals surface area (Å²) in [6.45, 7) is 4.20. The van der Waals surface area contributed by atoms with Gasteiger partial charge in [0.15, 0.2) is 11.6 Å². The largest absolute Gasteiger partial charge is 0.203 e. The minimum absolute atomic E-state index is 0.259. The minimum atomic E-state index is -0.826. The molecule has 2 heteroatoms. The van der Waals surface area contributed by atoms with Crippen LogP contribution in [0, 0.1) is 25.5 Å². The lowest BCUT2D eigenvalue weighted by molar-refractivity contribution is 0.514. The first-order valence-corrected chi connectivity index (χ1v) is 11.3. The second kappa shape index (κ2) is 9.07. The molecule has 34 heavy (non-hydrogen) atoms. The van der Waals surface area contributed by atoms with Gasteiger partial charge >= 0.3 is 0 Å². The monoisotopic (exact) mass is 446 g/mol. The molecule has 5 aromatic carbocycles. The van der Waals surface area contributed by atoms with E-state index in [4.69, 9.17) is 0 Å². The Morgan fingerprint density at radius 2 is 0.853 bits per heavy atom. The van der Waals surface area contributed by atoms with Crippen molar-refractivity contribution in [3.05, 3.63) is 132 Å². The van der Waals surface area contributed by atoms with Crippen LogP contribution in [0.15, 0.2) is 109 Å². The van der Waals surface area contributed by atoms with Crippen molar-refractivity contribution >= 4 is 0 Å². The third-order valence-electron chi connectivity index (χ3n) is 6.29. The molecule has 0 aliphatic heterocycles. The maximum Gasteiger partial charge on any atom is 0.167 e. The molecule has 0 spiro atoms. The lowest BCUT2D eigenvalue weighted by atomic mass is 9.94. The summed E-state index contributed by atoms with van der Waals surface area (Å²) in [5.41, 5.74) is 8.78. The third kappa shape index (κ3) is 4.15. The molecule has 0 atom stereocenters. The molecule has 0 aliphatic rings. The van der Waals surface area contributed by atoms with Crippen LogP contribution in [-0.4, -0.2) is 0 Å². The summed E-state index contributed by atoms with van der Waals surface area (Å²) in [4.78, 5) is 0. The first kappa shape index (κ1) is 21.8. The zero-order valence-corrected chi connectivity index (χ0v) is 19.1. The molecule has 0 aliphatic carbocycles. The number of benzene rings is 5. The third-order valence-corrected chi connectivity index (χ3v) is 6.29. The molecule has 0 aromatic heterocycles. The number of halogens is 2. The SMILES string of the molecule is Cc1ccc(-c2ccc(-c3ccc(-c4ccc(-c5ccccc5)c(F)c4F)cc3)cc2C)cc1. The summed E-state index contributed by atoms with van der Waals surface area (Å²) < 4.78 is 29.8. The van der Waals surface area contributed by atoms with Crippen LogP contribution in [0.3, 0.4) is 0 Å². The zero-order chi connectivity index (χ0) is 23.7. The van der Waals surface area contributed by atoms with Gasteiger partial charge in [0.25, 0.3) is 0 Å². The minimum Gasteiger partial charge on any atom is -0.203 e. The predicted octanol–water partition coefficient (Wildman–Crippen LogP) is 9.25. The summed E-state index contributed by atoms with van der Waals surface area (Å²) in [6.07, 6.45) is 0. The highest BCUT2D eigenvalue weighted by atomic mass is 19.2. The van der Waals surface area contributed by atoms with Crippen molar-refractivity contribution in [3.8, 4) is 44.5 Å². The molecule has 0 unspecified atom stereocenters. The van der Waals surface area contributed by atoms with Crippen LogP contribution in [0.4, 0.5) is 8.78 Å². The van der Waals surface area contributed by atoms with Crippen LogP contribution >= 0.6 is 0 Å². The van der Waals surface area contributed by atoms with E-state index in [1.54, 1.807) is 24.3 Å². The Morgan fingerprint density at radius 1 is 0.412 bits per heavy atom. The van der Waals surface area contributed by atoms with Crippen LogP contribution < -0.4 is 0 Å². The molecule has 0 saturated carbocycles. The number of hydrogen-bond acceptors (Lipinski definition) is 0. The highest BCUT2D eigenvalue weighted by Gasteiger charge is 2.16. The van der Waals surface area contributed by atoms with Gasteiger partial charge in [0.1, 0.15) is 0 Å². The molecular formula is C32H24F2. The fourth-order valence-corrected chi connectivity index (χ4v) is 4.36. The Kier molecular flexibility index (Phi) is 5.81. The quantitative estimate of drug-likeness (QED) is 0.258. The van der Waals surface area contributed by atoms with Crippen LogP contribution in [-0.2, 0) is 0 Å². The van der Waals surface area contributed by atoms with E-state index in [1.807, 2.05) is 42.5 Å². The second-order valence-corrected chi connectivity index (χ2v) is 8.63. The van der Waals surface area contributed by atoms with E-state index < -0.39 is 11.6 Å². The highest BCUT2D eigenvalue weighted by Crippen LogP contribution is 2.33. The standard InChI is InChI=1S/C32H24F2/c1-21-8-10-25(11-9-21)28-17-16-27(20-22(28)2)23-12-14-26(15-13-23)30-19-18-29(31(33)32(30)34)24-6-4-3-5-7-24/h3-20H,1-2H3. The molecule has 0 fully saturated rings. The van der Waals surface area contributed by atoms with Crippen molar-refractivity contribution in [2.75, 3.05) is 0 Å². The second-order valence-electron chi connectivity index (χ2n) is 8.63. The molecular weight excluding hydrogens is 422 g/mol. The van der Waals surface area contributed by atoms with Gasteiger partial charge in [-0.2, -0.15) is 0 Å². The predicted molar refractivity (Wildman–Crippen MR) is 138 cm³/mol. The Bertz CT molecular complexity index is 1450. The van der Waals surface area contributed by atoms with E-state index in [1.165, 1.54) is 22.3 Å². The summed E-state index contributed by atoms with van der Waals surface area (Å²) in [5.74, 6) is -1.65. The zero-order valence-electron chi connectivity index (χ0n) is 19.1. The topological polar surface area (TPSA) is 0 Å². The van der Waals surface area contributed by atoms with E-state index >= 15 is 0 Å². The molecule has 166 valence electrons. The highest BCUT2D eigenvalue weighted by molar-refractivity contribution is 5.76. The first-order chi connectivity index (χ1) is 16.5. The van der Waals surface area contributed by atoms with Gasteiger partial charge < -0.3 is 0 Å². The van der Waals surface area contributed by atoms with Crippen molar-refractivity contribution in [2.45, 2.75) is 13.8 Å². The lowest BCUT2D eigenvalue weighted by Gasteiger charge is -2.12. The Morgan fingerprint density at radius 3 is 1.44 bits per heavy atom. The molecule has 0 heterocycles. The van der Waals surface area contributed by atoms with Crippen molar-refractivity contribution in [3.63, 3.8) is 0 Å². The van der Waals surface area contributed by atoms with E-state index in [0.717, 1.165) is 11.1 Å². The van der Waals surface area contributed by atoms with E-state index in [0.29, 0.717) is 11.1 Å². The van der Waals surface area contributed by atoms with Crippen LogP contribution in [0.5, 0.6) is 0 Å². The van der Waals surface area contributed by atoms with Gasteiger partial charge in [-0.15, -0.1) is 0 Å². The fourth-order valence-electron chi connectivity index (χ4n) is 4.36. The van der Waals surface area contributed by atoms with Crippen molar-refractivity contribution in [2.24, 2.45) is 0 Å². The van der Waals surface area contributed by atoms with E-state index in [-0.39, 0.29) is 11.1 Å². The van der Waals surface area contributed by atoms with Gasteiger partial charge in [-0.25, -0.2) is 8.78 Å². The average molecular weight is 447 g/mol. The van der Waals surface area contributed by atoms with E-state index in [9.17, 15) is 8.78 Å². The molecule has 5 rings (SSSR count). The maximum atomic E-state index is 15.0. The molecule has 0 nitrogen and oxygen atoms in total. The first-order valence-electron chi connectivity index (χ1n) is 11.3. The van der Waals surface area contributed by atoms with E-state index in [2.05, 4.69) is 56.3 Å². The molecule has 0 radical (unpaired) electrons. The van der Waals surface area contributed by atoms with Crippen molar-refractivity contribution in [1.82, 2.24) is 0 Å². The van der Waals surface area contributed by atoms with Crippen molar-refractivity contribution in [1.29, 1.82) is 0 Å². The lowest BCUT2D eigenvalue weighted by Crippen LogP contribution is -1.94. The summed E-state index contributed by atoms with van der Waals surface area (Å²) in [7, 11) is 0. The molecule has 0 bridgehead atoms. The summed E-state index contributed by atoms with van der Waals surface area (Å²) in [5, 5.41) is 0. The van der Waals surface area contributed by atoms with Crippen LogP contribution in [0.2, 0.25) is 0 Å². The van der Waals surface area contributed by atoms with Gasteiger partial charge in [0, 0.05) is 11.1 Å². The van der Waals surface area contributed by atoms with Gasteiger partial charge in [0.2, 0.25) is 0 Å². The van der Waals surface area contributed by atoms with Gasteiger partial charge in [-0.1, -0.05) is 115 Å². The Labute approximate surface area is 199 Å². The van der Waals surface area contributed by atoms with Gasteiger partial charge in [0.05, 0.1) is 0 Å². The van der Waals surface area contributed by atoms with Gasteiger partial charge in [-0.05, 0) is 52.8 Å². The normalized spacial score (nSPS) is 10.9. The maximum absolute atomic E-state index is 15.0. The molecule has 5 aromatic rings. The van der Waals surface area contributed by atoms with Crippen LogP contribution in [0.1, 0.15) is 11.1 Å². The number of rotatable bonds is 4. The fraction of sp³-hybridized carbons (Fsp3) is 0.0625. The molecule has 0 saturated heterocycles. The summed E-state index contributed by atoms with van der Waals surface area (Å²) in [6, 6.07) is 34.9. The Balaban J connectivity index is 1.44. The smallest absolute Gasteiger partial charge is 0.167 e. The Hall–Kier alpha value is -4.04. The molecule has 0 amide bonds. The van der Waals surface area contributed by atoms with Gasteiger partial charge in [-0.3, -0.25) is 0 Å². The van der Waals surface area contributed by atoms with Crippen molar-refractivity contribution < 1.29 is 8.78 Å². The average Bonchev–Trinajstić information content (AvgIpc) is 2.87.